The fraction of sp³-hybridized carbons (Fsp3) is 0.533. The topological polar surface area (TPSA) is 70.4 Å². The van der Waals surface area contributed by atoms with Gasteiger partial charge in [-0.2, -0.15) is 0 Å². The lowest BCUT2D eigenvalue weighted by Crippen LogP contribution is -2.33. The van der Waals surface area contributed by atoms with Gasteiger partial charge in [-0.25, -0.2) is 0 Å². The summed E-state index contributed by atoms with van der Waals surface area (Å²) in [4.78, 5) is 14.5. The molecule has 1 fully saturated rings. The molecular weight excluding hydrogens is 288 g/mol. The Morgan fingerprint density at radius 3 is 2.81 bits per heavy atom. The highest BCUT2D eigenvalue weighted by atomic mass is 35.5. The summed E-state index contributed by atoms with van der Waals surface area (Å²) in [6, 6.07) is 5.03. The number of rotatable bonds is 5. The van der Waals surface area contributed by atoms with Crippen molar-refractivity contribution in [3.05, 3.63) is 28.8 Å². The van der Waals surface area contributed by atoms with Crippen LogP contribution in [-0.2, 0) is 0 Å². The maximum absolute atomic E-state index is 12.2. The third-order valence-electron chi connectivity index (χ3n) is 4.06. The Labute approximate surface area is 130 Å². The van der Waals surface area contributed by atoms with Crippen molar-refractivity contribution in [1.82, 2.24) is 10.2 Å². The van der Waals surface area contributed by atoms with Gasteiger partial charge in [-0.1, -0.05) is 11.6 Å². The highest BCUT2D eigenvalue weighted by molar-refractivity contribution is 6.31. The molecule has 0 bridgehead atoms. The highest BCUT2D eigenvalue weighted by Gasteiger charge is 2.17. The number of nitrogens with zero attached hydrogens (tertiary/aromatic N) is 1. The van der Waals surface area contributed by atoms with Gasteiger partial charge in [0.05, 0.1) is 11.3 Å². The van der Waals surface area contributed by atoms with Crippen LogP contribution >= 0.6 is 11.6 Å². The van der Waals surface area contributed by atoms with Gasteiger partial charge in [0.25, 0.3) is 5.91 Å². The zero-order chi connectivity index (χ0) is 15.2. The molecule has 116 valence electrons. The summed E-state index contributed by atoms with van der Waals surface area (Å²) in [6.07, 6.45) is 3.43. The molecule has 6 heteroatoms. The van der Waals surface area contributed by atoms with Gasteiger partial charge in [0.1, 0.15) is 0 Å². The number of carbonyl (C=O) groups is 1. The first-order valence-corrected chi connectivity index (χ1v) is 7.71. The Bertz CT molecular complexity index is 487. The van der Waals surface area contributed by atoms with Gasteiger partial charge in [-0.3, -0.25) is 10.6 Å². The second-order valence-electron chi connectivity index (χ2n) is 5.63. The first kappa shape index (κ1) is 16.1. The van der Waals surface area contributed by atoms with E-state index in [1.807, 2.05) is 0 Å². The molecule has 0 radical (unpaired) electrons. The lowest BCUT2D eigenvalue weighted by atomic mass is 9.94. The van der Waals surface area contributed by atoms with Crippen LogP contribution in [0.25, 0.3) is 0 Å². The summed E-state index contributed by atoms with van der Waals surface area (Å²) in [5.74, 6) is 5.98. The minimum atomic E-state index is -0.140. The molecule has 0 unspecified atom stereocenters. The van der Waals surface area contributed by atoms with Crippen molar-refractivity contribution in [3.63, 3.8) is 0 Å². The molecule has 1 aliphatic heterocycles. The van der Waals surface area contributed by atoms with Gasteiger partial charge >= 0.3 is 0 Å². The van der Waals surface area contributed by atoms with Crippen LogP contribution in [0.3, 0.4) is 0 Å². The smallest absolute Gasteiger partial charge is 0.253 e. The normalized spacial score (nSPS) is 16.7. The van der Waals surface area contributed by atoms with Crippen molar-refractivity contribution in [2.45, 2.75) is 19.3 Å². The number of nitrogens with two attached hydrogens (primary N) is 1. The fourth-order valence-electron chi connectivity index (χ4n) is 2.67. The number of hydrazine groups is 1. The van der Waals surface area contributed by atoms with Crippen LogP contribution < -0.4 is 16.6 Å². The van der Waals surface area contributed by atoms with Crippen LogP contribution in [0.2, 0.25) is 5.02 Å². The van der Waals surface area contributed by atoms with Crippen LogP contribution in [0.15, 0.2) is 18.2 Å². The van der Waals surface area contributed by atoms with E-state index in [1.165, 1.54) is 12.8 Å². The van der Waals surface area contributed by atoms with Gasteiger partial charge < -0.3 is 15.6 Å². The number of anilines is 1. The van der Waals surface area contributed by atoms with E-state index >= 15 is 0 Å². The molecule has 1 amide bonds. The maximum Gasteiger partial charge on any atom is 0.253 e. The molecular formula is C15H23ClN4O. The van der Waals surface area contributed by atoms with Gasteiger partial charge in [0.2, 0.25) is 0 Å². The molecule has 2 rings (SSSR count). The highest BCUT2D eigenvalue weighted by Crippen LogP contribution is 2.21. The second-order valence-corrected chi connectivity index (χ2v) is 6.06. The second kappa shape index (κ2) is 7.64. The molecule has 1 aromatic rings. The standard InChI is InChI=1S/C15H23ClN4O/c1-20-8-5-11(6-9-20)4-7-18-15(21)13-10-12(16)2-3-14(13)19-17/h2-3,10-11,19H,4-9,17H2,1H3,(H,18,21). The molecule has 0 aliphatic carbocycles. The summed E-state index contributed by atoms with van der Waals surface area (Å²) >= 11 is 5.93. The molecule has 1 saturated heterocycles. The third kappa shape index (κ3) is 4.59. The molecule has 1 aromatic carbocycles. The van der Waals surface area contributed by atoms with E-state index in [0.29, 0.717) is 28.7 Å². The number of hydrogen-bond acceptors (Lipinski definition) is 4. The number of hydrogen-bond donors (Lipinski definition) is 3. The molecule has 21 heavy (non-hydrogen) atoms. The molecule has 5 nitrogen and oxygen atoms in total. The van der Waals surface area contributed by atoms with E-state index in [2.05, 4.69) is 22.7 Å². The average molecular weight is 311 g/mol. The summed E-state index contributed by atoms with van der Waals surface area (Å²) in [6.45, 7) is 2.98. The predicted octanol–water partition coefficient (Wildman–Crippen LogP) is 2.09. The SMILES string of the molecule is CN1CCC(CCNC(=O)c2cc(Cl)ccc2NN)CC1. The quantitative estimate of drug-likeness (QED) is 0.575. The van der Waals surface area contributed by atoms with Crippen molar-refractivity contribution < 1.29 is 4.79 Å². The third-order valence-corrected chi connectivity index (χ3v) is 4.29. The monoisotopic (exact) mass is 310 g/mol. The van der Waals surface area contributed by atoms with Crippen molar-refractivity contribution in [2.75, 3.05) is 32.1 Å². The molecule has 0 atom stereocenters. The number of piperidine rings is 1. The number of halogens is 1. The predicted molar refractivity (Wildman–Crippen MR) is 86.4 cm³/mol. The Balaban J connectivity index is 1.83. The van der Waals surface area contributed by atoms with Crippen molar-refractivity contribution in [2.24, 2.45) is 11.8 Å². The minimum absolute atomic E-state index is 0.140. The number of likely N-dealkylation sites (tertiary alicyclic amines) is 1. The Morgan fingerprint density at radius 2 is 2.14 bits per heavy atom. The zero-order valence-corrected chi connectivity index (χ0v) is 13.1. The van der Waals surface area contributed by atoms with E-state index in [0.717, 1.165) is 19.5 Å². The van der Waals surface area contributed by atoms with Crippen molar-refractivity contribution in [3.8, 4) is 0 Å². The number of nitrogen functional groups attached to an aromatic ring is 1. The number of nitrogens with one attached hydrogen (secondary N) is 2. The number of amides is 1. The van der Waals surface area contributed by atoms with E-state index < -0.39 is 0 Å². The van der Waals surface area contributed by atoms with Crippen molar-refractivity contribution >= 4 is 23.2 Å². The summed E-state index contributed by atoms with van der Waals surface area (Å²) in [5, 5.41) is 3.48. The molecule has 4 N–H and O–H groups in total. The molecule has 1 heterocycles. The molecule has 0 aromatic heterocycles. The van der Waals surface area contributed by atoms with Crippen LogP contribution in [0.4, 0.5) is 5.69 Å². The molecule has 0 spiro atoms. The minimum Gasteiger partial charge on any atom is -0.352 e. The van der Waals surface area contributed by atoms with Gasteiger partial charge in [-0.05, 0) is 63.5 Å². The summed E-state index contributed by atoms with van der Waals surface area (Å²) < 4.78 is 0. The zero-order valence-electron chi connectivity index (χ0n) is 12.4. The van der Waals surface area contributed by atoms with E-state index in [9.17, 15) is 4.79 Å². The summed E-state index contributed by atoms with van der Waals surface area (Å²) in [7, 11) is 2.15. The molecule has 1 aliphatic rings. The lowest BCUT2D eigenvalue weighted by molar-refractivity contribution is 0.0949. The van der Waals surface area contributed by atoms with E-state index in [-0.39, 0.29) is 5.91 Å². The van der Waals surface area contributed by atoms with Gasteiger partial charge in [-0.15, -0.1) is 0 Å². The Hall–Kier alpha value is -1.30. The van der Waals surface area contributed by atoms with E-state index in [4.69, 9.17) is 17.4 Å². The lowest BCUT2D eigenvalue weighted by Gasteiger charge is -2.28. The maximum atomic E-state index is 12.2. The molecule has 0 saturated carbocycles. The fourth-order valence-corrected chi connectivity index (χ4v) is 2.84. The Morgan fingerprint density at radius 1 is 1.43 bits per heavy atom. The van der Waals surface area contributed by atoms with Crippen LogP contribution in [0, 0.1) is 5.92 Å². The Kier molecular flexibility index (Phi) is 5.85. The van der Waals surface area contributed by atoms with Crippen LogP contribution in [-0.4, -0.2) is 37.5 Å². The van der Waals surface area contributed by atoms with Crippen LogP contribution in [0.5, 0.6) is 0 Å². The van der Waals surface area contributed by atoms with Crippen molar-refractivity contribution in [1.29, 1.82) is 0 Å². The first-order valence-electron chi connectivity index (χ1n) is 7.33. The van der Waals surface area contributed by atoms with Crippen LogP contribution in [0.1, 0.15) is 29.6 Å². The van der Waals surface area contributed by atoms with E-state index in [1.54, 1.807) is 18.2 Å². The first-order chi connectivity index (χ1) is 10.1. The average Bonchev–Trinajstić information content (AvgIpc) is 2.49. The summed E-state index contributed by atoms with van der Waals surface area (Å²) in [5.41, 5.74) is 3.58. The van der Waals surface area contributed by atoms with Gasteiger partial charge in [0.15, 0.2) is 0 Å². The largest absolute Gasteiger partial charge is 0.352 e. The number of benzene rings is 1. The number of carbonyl (C=O) groups excluding carboxylic acids is 1. The van der Waals surface area contributed by atoms with Gasteiger partial charge in [0, 0.05) is 11.6 Å².